The number of amides is 2. The van der Waals surface area contributed by atoms with Crippen molar-refractivity contribution in [1.29, 1.82) is 0 Å². The number of carbonyl (C=O) groups is 2. The molecular weight excluding hydrogens is 599 g/mol. The quantitative estimate of drug-likeness (QED) is 0.257. The number of hydrogen-bond acceptors (Lipinski definition) is 6. The summed E-state index contributed by atoms with van der Waals surface area (Å²) in [6.45, 7) is 5.29. The second-order valence-electron chi connectivity index (χ2n) is 13.2. The van der Waals surface area contributed by atoms with Gasteiger partial charge >= 0.3 is 0 Å². The smallest absolute Gasteiger partial charge is 0.251 e. The second-order valence-corrected chi connectivity index (χ2v) is 13.2. The van der Waals surface area contributed by atoms with Gasteiger partial charge in [0.15, 0.2) is 11.6 Å². The summed E-state index contributed by atoms with van der Waals surface area (Å²) in [5.41, 5.74) is 6.48. The van der Waals surface area contributed by atoms with Crippen molar-refractivity contribution in [2.45, 2.75) is 63.1 Å². The molecule has 0 bridgehead atoms. The first-order valence-electron chi connectivity index (χ1n) is 15.3. The Bertz CT molecular complexity index is 1950. The van der Waals surface area contributed by atoms with Gasteiger partial charge in [0, 0.05) is 58.8 Å². The first-order valence-corrected chi connectivity index (χ1v) is 15.3. The maximum absolute atomic E-state index is 14.8. The van der Waals surface area contributed by atoms with Gasteiger partial charge in [0.05, 0.1) is 7.11 Å². The van der Waals surface area contributed by atoms with Crippen LogP contribution >= 0.6 is 0 Å². The molecule has 2 aliphatic carbocycles. The van der Waals surface area contributed by atoms with Crippen molar-refractivity contribution in [2.75, 3.05) is 20.3 Å². The number of methoxy groups -OCH3 is 1. The van der Waals surface area contributed by atoms with Crippen LogP contribution in [0.25, 0.3) is 22.2 Å². The van der Waals surface area contributed by atoms with E-state index in [9.17, 15) is 22.8 Å². The number of carbonyl (C=O) groups excluding carboxylic acids is 2. The van der Waals surface area contributed by atoms with E-state index in [1.165, 1.54) is 24.8 Å². The first-order chi connectivity index (χ1) is 21.8. The highest BCUT2D eigenvalue weighted by Crippen LogP contribution is 2.51. The van der Waals surface area contributed by atoms with Crippen LogP contribution in [0.1, 0.15) is 66.7 Å². The lowest BCUT2D eigenvalue weighted by molar-refractivity contribution is -0.123. The van der Waals surface area contributed by atoms with Crippen LogP contribution in [-0.4, -0.2) is 46.8 Å². The van der Waals surface area contributed by atoms with Crippen molar-refractivity contribution in [1.82, 2.24) is 20.1 Å². The maximum atomic E-state index is 14.8. The predicted octanol–water partition coefficient (Wildman–Crippen LogP) is 5.34. The minimum Gasteiger partial charge on any atom is -0.494 e. The number of rotatable bonds is 9. The Morgan fingerprint density at radius 1 is 1.22 bits per heavy atom. The van der Waals surface area contributed by atoms with Gasteiger partial charge in [-0.15, -0.1) is 0 Å². The number of aromatic nitrogens is 3. The molecule has 4 aromatic rings. The van der Waals surface area contributed by atoms with E-state index < -0.39 is 34.2 Å². The van der Waals surface area contributed by atoms with Gasteiger partial charge in [0.25, 0.3) is 5.91 Å². The summed E-state index contributed by atoms with van der Waals surface area (Å²) in [6, 6.07) is 7.51. The van der Waals surface area contributed by atoms with Crippen LogP contribution in [0, 0.1) is 24.5 Å². The molecule has 1 aliphatic heterocycles. The highest BCUT2D eigenvalue weighted by Gasteiger charge is 2.49. The van der Waals surface area contributed by atoms with E-state index in [0.29, 0.717) is 57.6 Å². The van der Waals surface area contributed by atoms with E-state index in [-0.39, 0.29) is 36.2 Å². The number of hydrogen-bond donors (Lipinski definition) is 2. The molecule has 2 fully saturated rings. The van der Waals surface area contributed by atoms with Crippen molar-refractivity contribution in [2.24, 2.45) is 11.7 Å². The maximum Gasteiger partial charge on any atom is 0.251 e. The molecule has 2 saturated carbocycles. The molecule has 9 nitrogen and oxygen atoms in total. The summed E-state index contributed by atoms with van der Waals surface area (Å²) in [7, 11) is 1.47. The number of alkyl halides is 1. The summed E-state index contributed by atoms with van der Waals surface area (Å²) < 4.78 is 56.4. The number of fused-ring (bicyclic) bond motifs is 2. The summed E-state index contributed by atoms with van der Waals surface area (Å²) in [4.78, 5) is 31.3. The third-order valence-electron chi connectivity index (χ3n) is 10.0. The summed E-state index contributed by atoms with van der Waals surface area (Å²) in [6.07, 6.45) is 4.13. The Morgan fingerprint density at radius 3 is 2.61 bits per heavy atom. The third-order valence-corrected chi connectivity index (χ3v) is 10.0. The fourth-order valence-corrected chi connectivity index (χ4v) is 6.43. The molecule has 3 N–H and O–H groups in total. The van der Waals surface area contributed by atoms with Gasteiger partial charge in [-0.25, -0.2) is 22.8 Å². The van der Waals surface area contributed by atoms with Gasteiger partial charge in [-0.2, -0.15) is 5.10 Å². The molecule has 2 amide bonds. The van der Waals surface area contributed by atoms with E-state index in [1.807, 2.05) is 6.92 Å². The van der Waals surface area contributed by atoms with E-state index in [2.05, 4.69) is 10.4 Å². The standard InChI is InChI=1S/C34H34F3N5O4/c1-17-21(7-8-23(35)26(17)36)28-29-22(33(3,16-46-29)31(38)44)13-25(40-28)32(2,20-5-6-20)15-39-30(43)18-11-19-14-42(34(37)9-10-34)41-27(19)24(12-18)45-4/h7-8,11-14,20H,5-6,9-10,15-16H2,1-4H3,(H2,38,44)(H,39,43)/t32-,33-/m0/s1. The molecule has 0 saturated heterocycles. The van der Waals surface area contributed by atoms with E-state index >= 15 is 0 Å². The molecule has 3 aliphatic rings. The number of ether oxygens (including phenoxy) is 2. The summed E-state index contributed by atoms with van der Waals surface area (Å²) in [5, 5.41) is 8.00. The van der Waals surface area contributed by atoms with E-state index in [0.717, 1.165) is 18.9 Å². The highest BCUT2D eigenvalue weighted by atomic mass is 19.2. The zero-order chi connectivity index (χ0) is 32.8. The summed E-state index contributed by atoms with van der Waals surface area (Å²) >= 11 is 0. The molecule has 7 rings (SSSR count). The molecule has 240 valence electrons. The normalized spacial score (nSPS) is 20.9. The highest BCUT2D eigenvalue weighted by molar-refractivity contribution is 6.00. The van der Waals surface area contributed by atoms with Gasteiger partial charge < -0.3 is 20.5 Å². The van der Waals surface area contributed by atoms with Crippen LogP contribution < -0.4 is 20.5 Å². The number of benzene rings is 2. The van der Waals surface area contributed by atoms with Crippen molar-refractivity contribution in [3.63, 3.8) is 0 Å². The van der Waals surface area contributed by atoms with Crippen molar-refractivity contribution in [3.8, 4) is 22.8 Å². The van der Waals surface area contributed by atoms with E-state index in [1.54, 1.807) is 31.3 Å². The Labute approximate surface area is 263 Å². The number of nitrogens with two attached hydrogens (primary N) is 1. The fraction of sp³-hybridized carbons (Fsp3) is 0.412. The molecule has 2 atom stereocenters. The third kappa shape index (κ3) is 4.60. The Balaban J connectivity index is 1.27. The minimum atomic E-state index is -1.51. The molecule has 0 spiro atoms. The lowest BCUT2D eigenvalue weighted by atomic mass is 9.77. The van der Waals surface area contributed by atoms with Crippen molar-refractivity contribution >= 4 is 22.7 Å². The monoisotopic (exact) mass is 633 g/mol. The topological polar surface area (TPSA) is 121 Å². The zero-order valence-corrected chi connectivity index (χ0v) is 26.0. The van der Waals surface area contributed by atoms with Gasteiger partial charge in [0.1, 0.15) is 34.7 Å². The molecule has 46 heavy (non-hydrogen) atoms. The first kappa shape index (κ1) is 30.1. The largest absolute Gasteiger partial charge is 0.494 e. The zero-order valence-electron chi connectivity index (χ0n) is 26.0. The number of pyridine rings is 1. The SMILES string of the molecule is COc1cc(C(=O)NC[C@](C)(c2cc3c(c(-c4ccc(F)c(F)c4C)n2)OC[C@]3(C)C(N)=O)C2CC2)cc2cn(C3(F)CC3)nc12. The van der Waals surface area contributed by atoms with E-state index in [4.69, 9.17) is 20.2 Å². The molecular formula is C34H34F3N5O4. The van der Waals surface area contributed by atoms with Crippen LogP contribution in [0.5, 0.6) is 11.5 Å². The molecule has 2 aromatic heterocycles. The van der Waals surface area contributed by atoms with Gasteiger partial charge in [0.2, 0.25) is 11.7 Å². The van der Waals surface area contributed by atoms with Gasteiger partial charge in [-0.05, 0) is 68.5 Å². The predicted molar refractivity (Wildman–Crippen MR) is 163 cm³/mol. The van der Waals surface area contributed by atoms with Crippen molar-refractivity contribution < 1.29 is 32.2 Å². The minimum absolute atomic E-state index is 0.0280. The molecule has 0 unspecified atom stereocenters. The molecule has 3 heterocycles. The van der Waals surface area contributed by atoms with Crippen LogP contribution in [0.2, 0.25) is 0 Å². The van der Waals surface area contributed by atoms with Gasteiger partial charge in [-0.3, -0.25) is 9.59 Å². The second kappa shape index (κ2) is 10.2. The fourth-order valence-electron chi connectivity index (χ4n) is 6.43. The Morgan fingerprint density at radius 2 is 1.96 bits per heavy atom. The number of halogens is 3. The van der Waals surface area contributed by atoms with Gasteiger partial charge in [-0.1, -0.05) is 6.92 Å². The number of nitrogens with zero attached hydrogens (tertiary/aromatic N) is 3. The average molecular weight is 634 g/mol. The molecule has 12 heteroatoms. The Kier molecular flexibility index (Phi) is 6.67. The van der Waals surface area contributed by atoms with Crippen LogP contribution in [0.15, 0.2) is 36.5 Å². The number of primary amides is 1. The van der Waals surface area contributed by atoms with Crippen LogP contribution in [0.3, 0.4) is 0 Å². The lowest BCUT2D eigenvalue weighted by Crippen LogP contribution is -2.42. The van der Waals surface area contributed by atoms with Crippen LogP contribution in [-0.2, 0) is 21.4 Å². The Hall–Kier alpha value is -4.61. The summed E-state index contributed by atoms with van der Waals surface area (Å²) in [5.74, 6) is -3.65. The average Bonchev–Trinajstić information content (AvgIpc) is 3.96. The molecule has 0 radical (unpaired) electrons. The molecule has 2 aromatic carbocycles. The lowest BCUT2D eigenvalue weighted by Gasteiger charge is -2.31. The van der Waals surface area contributed by atoms with Crippen LogP contribution in [0.4, 0.5) is 13.2 Å². The van der Waals surface area contributed by atoms with Crippen molar-refractivity contribution in [3.05, 3.63) is 70.5 Å². The number of nitrogens with one attached hydrogen (secondary N) is 1.